The molecule has 2 aliphatic heterocycles. The second-order valence-corrected chi connectivity index (χ2v) is 9.43. The van der Waals surface area contributed by atoms with Crippen LogP contribution in [-0.4, -0.2) is 4.98 Å². The van der Waals surface area contributed by atoms with E-state index in [4.69, 9.17) is 0 Å². The van der Waals surface area contributed by atoms with Gasteiger partial charge in [0.15, 0.2) is 0 Å². The first kappa shape index (κ1) is 13.7. The van der Waals surface area contributed by atoms with Gasteiger partial charge in [-0.15, -0.1) is 0 Å². The van der Waals surface area contributed by atoms with Crippen LogP contribution in [0.25, 0.3) is 4.91 Å². The van der Waals surface area contributed by atoms with Crippen LogP contribution in [0.4, 0.5) is 0 Å². The van der Waals surface area contributed by atoms with Crippen molar-refractivity contribution in [3.8, 4) is 0 Å². The van der Waals surface area contributed by atoms with Gasteiger partial charge in [0.25, 0.3) is 0 Å². The zero-order valence-corrected chi connectivity index (χ0v) is 14.2. The van der Waals surface area contributed by atoms with Crippen LogP contribution >= 0.6 is 47.0 Å². The van der Waals surface area contributed by atoms with Crippen LogP contribution < -0.4 is 0 Å². The Morgan fingerprint density at radius 3 is 1.89 bits per heavy atom. The molecule has 1 aromatic rings. The van der Waals surface area contributed by atoms with Gasteiger partial charge in [-0.1, -0.05) is 47.0 Å². The van der Waals surface area contributed by atoms with Crippen molar-refractivity contribution in [1.82, 2.24) is 4.98 Å². The molecule has 0 atom stereocenters. The summed E-state index contributed by atoms with van der Waals surface area (Å²) in [6.45, 7) is 6.61. The lowest BCUT2D eigenvalue weighted by Crippen LogP contribution is -1.79. The van der Waals surface area contributed by atoms with Gasteiger partial charge in [-0.2, -0.15) is 0 Å². The monoisotopic (exact) mass is 323 g/mol. The van der Waals surface area contributed by atoms with E-state index in [-0.39, 0.29) is 0 Å². The fraction of sp³-hybridized carbons (Fsp3) is 0.214. The molecule has 0 N–H and O–H groups in total. The molecule has 3 rings (SSSR count). The fourth-order valence-corrected chi connectivity index (χ4v) is 7.20. The molecule has 0 aromatic carbocycles. The Hall–Kier alpha value is -0.230. The highest BCUT2D eigenvalue weighted by Crippen LogP contribution is 2.61. The molecule has 0 spiro atoms. The molecular weight excluding hydrogens is 310 g/mol. The third kappa shape index (κ3) is 2.79. The molecule has 3 heterocycles. The highest BCUT2D eigenvalue weighted by molar-refractivity contribution is 8.35. The smallest absolute Gasteiger partial charge is 0.0703 e. The van der Waals surface area contributed by atoms with Gasteiger partial charge in [0, 0.05) is 22.2 Å². The topological polar surface area (TPSA) is 12.9 Å². The summed E-state index contributed by atoms with van der Waals surface area (Å²) < 4.78 is 2.86. The lowest BCUT2D eigenvalue weighted by molar-refractivity contribution is 1.32. The number of hydrogen-bond acceptors (Lipinski definition) is 5. The number of allylic oxidation sites excluding steroid dienone is 3. The van der Waals surface area contributed by atoms with E-state index in [9.17, 15) is 0 Å². The molecule has 5 heteroatoms. The number of rotatable bonds is 1. The maximum Gasteiger partial charge on any atom is 0.0703 e. The van der Waals surface area contributed by atoms with Crippen LogP contribution in [0.1, 0.15) is 26.3 Å². The summed E-state index contributed by atoms with van der Waals surface area (Å²) >= 11 is 7.63. The van der Waals surface area contributed by atoms with Crippen LogP contribution in [0, 0.1) is 0 Å². The minimum Gasteiger partial charge on any atom is -0.265 e. The largest absolute Gasteiger partial charge is 0.265 e. The number of thioether (sulfide) groups is 4. The molecule has 1 aromatic heterocycles. The maximum atomic E-state index is 4.09. The van der Waals surface area contributed by atoms with E-state index in [2.05, 4.69) is 37.9 Å². The van der Waals surface area contributed by atoms with Gasteiger partial charge in [0.2, 0.25) is 0 Å². The van der Waals surface area contributed by atoms with E-state index in [0.717, 1.165) is 0 Å². The summed E-state index contributed by atoms with van der Waals surface area (Å²) in [5, 5.41) is 0. The number of nitrogens with zero attached hydrogens (tertiary/aromatic N) is 1. The van der Waals surface area contributed by atoms with Crippen LogP contribution in [0.3, 0.4) is 0 Å². The molecular formula is C14H13NS4. The molecule has 0 radical (unpaired) electrons. The van der Waals surface area contributed by atoms with Crippen LogP contribution in [0.2, 0.25) is 0 Å². The van der Waals surface area contributed by atoms with Crippen molar-refractivity contribution < 1.29 is 0 Å². The average molecular weight is 324 g/mol. The molecule has 0 fully saturated rings. The Morgan fingerprint density at radius 2 is 1.26 bits per heavy atom. The number of hydrogen-bond donors (Lipinski definition) is 0. The van der Waals surface area contributed by atoms with E-state index >= 15 is 0 Å². The van der Waals surface area contributed by atoms with Crippen LogP contribution in [0.5, 0.6) is 0 Å². The quantitative estimate of drug-likeness (QED) is 0.616. The first-order valence-electron chi connectivity index (χ1n) is 5.89. The second-order valence-electron chi connectivity index (χ2n) is 4.22. The SMILES string of the molecule is CC1=C(C)SC(=C2SC(C)=C(c3ccncc3)S2)S1. The molecule has 0 unspecified atom stereocenters. The van der Waals surface area contributed by atoms with Crippen molar-refractivity contribution in [3.63, 3.8) is 0 Å². The Kier molecular flexibility index (Phi) is 4.08. The standard InChI is InChI=1S/C14H13NS4/c1-8-9(2)17-13(16-8)14-18-10(3)12(19-14)11-4-6-15-7-5-11/h4-7H,1-3H3. The van der Waals surface area contributed by atoms with Gasteiger partial charge >= 0.3 is 0 Å². The summed E-state index contributed by atoms with van der Waals surface area (Å²) in [5.41, 5.74) is 1.27. The zero-order chi connectivity index (χ0) is 13.4. The van der Waals surface area contributed by atoms with E-state index < -0.39 is 0 Å². The summed E-state index contributed by atoms with van der Waals surface area (Å²) in [6.07, 6.45) is 3.72. The molecule has 0 bridgehead atoms. The summed E-state index contributed by atoms with van der Waals surface area (Å²) in [5.74, 6) is 0. The van der Waals surface area contributed by atoms with Gasteiger partial charge in [0.1, 0.15) is 0 Å². The average Bonchev–Trinajstić information content (AvgIpc) is 2.95. The fourth-order valence-electron chi connectivity index (χ4n) is 1.75. The van der Waals surface area contributed by atoms with E-state index in [1.165, 1.54) is 33.7 Å². The summed E-state index contributed by atoms with van der Waals surface area (Å²) in [7, 11) is 0. The third-order valence-corrected chi connectivity index (χ3v) is 8.67. The minimum atomic E-state index is 1.27. The zero-order valence-electron chi connectivity index (χ0n) is 10.9. The van der Waals surface area contributed by atoms with Crippen molar-refractivity contribution in [1.29, 1.82) is 0 Å². The van der Waals surface area contributed by atoms with E-state index in [1.54, 1.807) is 0 Å². The lowest BCUT2D eigenvalue weighted by Gasteiger charge is -2.03. The van der Waals surface area contributed by atoms with Crippen molar-refractivity contribution in [3.05, 3.63) is 53.3 Å². The Bertz CT molecular complexity index is 598. The third-order valence-electron chi connectivity index (χ3n) is 2.86. The van der Waals surface area contributed by atoms with Gasteiger partial charge in [-0.05, 0) is 48.3 Å². The first-order chi connectivity index (χ1) is 9.15. The molecule has 19 heavy (non-hydrogen) atoms. The Balaban J connectivity index is 1.86. The number of aromatic nitrogens is 1. The van der Waals surface area contributed by atoms with Gasteiger partial charge < -0.3 is 0 Å². The van der Waals surface area contributed by atoms with Crippen molar-refractivity contribution in [2.24, 2.45) is 0 Å². The normalized spacial score (nSPS) is 19.9. The molecule has 98 valence electrons. The molecule has 1 nitrogen and oxygen atoms in total. The van der Waals surface area contributed by atoms with Gasteiger partial charge in [-0.25, -0.2) is 0 Å². The molecule has 0 amide bonds. The Morgan fingerprint density at radius 1 is 0.737 bits per heavy atom. The molecule has 2 aliphatic rings. The lowest BCUT2D eigenvalue weighted by atomic mass is 10.2. The summed E-state index contributed by atoms with van der Waals surface area (Å²) in [4.78, 5) is 9.72. The predicted molar refractivity (Wildman–Crippen MR) is 92.6 cm³/mol. The highest BCUT2D eigenvalue weighted by Gasteiger charge is 2.26. The van der Waals surface area contributed by atoms with E-state index in [0.29, 0.717) is 0 Å². The van der Waals surface area contributed by atoms with Crippen molar-refractivity contribution in [2.45, 2.75) is 20.8 Å². The van der Waals surface area contributed by atoms with Crippen molar-refractivity contribution in [2.75, 3.05) is 0 Å². The second kappa shape index (κ2) is 5.64. The predicted octanol–water partition coefficient (Wildman–Crippen LogP) is 6.11. The molecule has 0 saturated heterocycles. The minimum absolute atomic E-state index is 1.27. The highest BCUT2D eigenvalue weighted by atomic mass is 32.2. The Labute approximate surface area is 130 Å². The molecule has 0 saturated carbocycles. The van der Waals surface area contributed by atoms with Crippen molar-refractivity contribution >= 4 is 52.0 Å². The van der Waals surface area contributed by atoms with Crippen LogP contribution in [-0.2, 0) is 0 Å². The molecule has 0 aliphatic carbocycles. The van der Waals surface area contributed by atoms with Gasteiger partial charge in [0.05, 0.1) is 8.47 Å². The van der Waals surface area contributed by atoms with Crippen LogP contribution in [0.15, 0.2) is 47.7 Å². The maximum absolute atomic E-state index is 4.09. The number of pyridine rings is 1. The summed E-state index contributed by atoms with van der Waals surface area (Å²) in [6, 6.07) is 4.17. The van der Waals surface area contributed by atoms with Gasteiger partial charge in [-0.3, -0.25) is 4.98 Å². The van der Waals surface area contributed by atoms with E-state index in [1.807, 2.05) is 59.4 Å². The first-order valence-corrected chi connectivity index (χ1v) is 9.16.